The third-order valence-electron chi connectivity index (χ3n) is 7.60. The van der Waals surface area contributed by atoms with Crippen molar-refractivity contribution in [3.63, 3.8) is 0 Å². The van der Waals surface area contributed by atoms with Gasteiger partial charge in [-0.1, -0.05) is 0 Å². The number of halogens is 3. The number of rotatable bonds is 2. The number of nitrogens with zero attached hydrogens (tertiary/aromatic N) is 5. The summed E-state index contributed by atoms with van der Waals surface area (Å²) in [7, 11) is 0. The summed E-state index contributed by atoms with van der Waals surface area (Å²) in [5.41, 5.74) is -0.0132. The van der Waals surface area contributed by atoms with Gasteiger partial charge < -0.3 is 15.0 Å². The van der Waals surface area contributed by atoms with Gasteiger partial charge >= 0.3 is 6.09 Å². The fraction of sp³-hybridized carbons (Fsp3) is 0.452. The van der Waals surface area contributed by atoms with E-state index in [1.165, 1.54) is 47.3 Å². The van der Waals surface area contributed by atoms with Gasteiger partial charge in [0.15, 0.2) is 0 Å². The summed E-state index contributed by atoms with van der Waals surface area (Å²) in [4.78, 5) is 47.4. The van der Waals surface area contributed by atoms with Crippen molar-refractivity contribution in [2.24, 2.45) is 0 Å². The minimum atomic E-state index is -0.567. The molecule has 2 aliphatic rings. The number of hydrogen-bond acceptors (Lipinski definition) is 7. The largest absolute Gasteiger partial charge is 0.444 e. The van der Waals surface area contributed by atoms with Crippen molar-refractivity contribution in [1.82, 2.24) is 29.3 Å². The van der Waals surface area contributed by atoms with E-state index in [9.17, 15) is 23.2 Å². The Morgan fingerprint density at radius 3 is 1.95 bits per heavy atom. The van der Waals surface area contributed by atoms with Gasteiger partial charge in [-0.15, -0.1) is 12.4 Å². The average molecular weight is 631 g/mol. The standard InChI is InChI=1S/C18H22FN3O3.C13H14FN3O.ClH/c1-18(2,3)25-17(24)21-8-4-5-13(10-21)22-11-20-15-7-6-12(19)9-14(15)16(22)23;14-9-3-4-12-11(6-9)13(18)17(8-16-12)10-2-1-5-15-7-10;/h6-7,9,11,13H,4-5,8,10H2,1-3H3;3-4,6,8,10,15H,1-2,5,7H2;1H/t13-;10-;/m11./s1. The molecule has 6 rings (SSSR count). The molecular weight excluding hydrogens is 594 g/mol. The number of ether oxygens (including phenoxy) is 1. The molecule has 2 atom stereocenters. The van der Waals surface area contributed by atoms with E-state index in [0.717, 1.165) is 38.8 Å². The first-order chi connectivity index (χ1) is 20.5. The Kier molecular flexibility index (Phi) is 10.4. The van der Waals surface area contributed by atoms with E-state index in [1.807, 2.05) is 20.8 Å². The van der Waals surface area contributed by atoms with Crippen LogP contribution < -0.4 is 16.4 Å². The van der Waals surface area contributed by atoms with Crippen molar-refractivity contribution in [3.05, 3.63) is 81.4 Å². The smallest absolute Gasteiger partial charge is 0.410 e. The van der Waals surface area contributed by atoms with Crippen LogP contribution in [0.4, 0.5) is 13.6 Å². The van der Waals surface area contributed by atoms with Crippen molar-refractivity contribution in [2.75, 3.05) is 26.2 Å². The normalized spacial score (nSPS) is 18.7. The molecule has 10 nitrogen and oxygen atoms in total. The number of amides is 1. The van der Waals surface area contributed by atoms with E-state index in [4.69, 9.17) is 4.74 Å². The maximum atomic E-state index is 13.5. The lowest BCUT2D eigenvalue weighted by Crippen LogP contribution is -2.45. The molecule has 0 radical (unpaired) electrons. The van der Waals surface area contributed by atoms with Crippen LogP contribution in [0.2, 0.25) is 0 Å². The fourth-order valence-corrected chi connectivity index (χ4v) is 5.48. The number of benzene rings is 2. The topological polar surface area (TPSA) is 111 Å². The maximum absolute atomic E-state index is 13.5. The Bertz CT molecular complexity index is 1750. The van der Waals surface area contributed by atoms with E-state index in [0.29, 0.717) is 29.5 Å². The van der Waals surface area contributed by atoms with Crippen LogP contribution in [0, 0.1) is 11.6 Å². The lowest BCUT2D eigenvalue weighted by molar-refractivity contribution is 0.0171. The fourth-order valence-electron chi connectivity index (χ4n) is 5.48. The van der Waals surface area contributed by atoms with Crippen LogP contribution in [0.3, 0.4) is 0 Å². The summed E-state index contributed by atoms with van der Waals surface area (Å²) in [6.07, 6.45) is 6.17. The predicted octanol–water partition coefficient (Wildman–Crippen LogP) is 4.99. The molecule has 0 aliphatic carbocycles. The van der Waals surface area contributed by atoms with Gasteiger partial charge in [0, 0.05) is 19.6 Å². The highest BCUT2D eigenvalue weighted by molar-refractivity contribution is 5.85. The van der Waals surface area contributed by atoms with Gasteiger partial charge in [0.1, 0.15) is 17.2 Å². The third-order valence-corrected chi connectivity index (χ3v) is 7.60. The highest BCUT2D eigenvalue weighted by Crippen LogP contribution is 2.23. The van der Waals surface area contributed by atoms with Gasteiger partial charge in [0.2, 0.25) is 0 Å². The molecule has 0 bridgehead atoms. The van der Waals surface area contributed by atoms with E-state index < -0.39 is 17.2 Å². The van der Waals surface area contributed by atoms with Crippen molar-refractivity contribution in [2.45, 2.75) is 64.1 Å². The molecule has 1 amide bonds. The summed E-state index contributed by atoms with van der Waals surface area (Å²) in [5.74, 6) is -0.871. The van der Waals surface area contributed by atoms with Gasteiger partial charge in [0.25, 0.3) is 11.1 Å². The zero-order chi connectivity index (χ0) is 30.7. The number of carbonyl (C=O) groups is 1. The predicted molar refractivity (Wildman–Crippen MR) is 166 cm³/mol. The van der Waals surface area contributed by atoms with Crippen LogP contribution in [-0.4, -0.2) is 61.9 Å². The first kappa shape index (κ1) is 33.0. The second kappa shape index (κ2) is 13.8. The maximum Gasteiger partial charge on any atom is 0.410 e. The molecule has 2 aromatic carbocycles. The van der Waals surface area contributed by atoms with E-state index in [1.54, 1.807) is 15.8 Å². The molecule has 0 unspecified atom stereocenters. The van der Waals surface area contributed by atoms with Crippen molar-refractivity contribution >= 4 is 40.3 Å². The highest BCUT2D eigenvalue weighted by atomic mass is 35.5. The van der Waals surface area contributed by atoms with Gasteiger partial charge in [-0.2, -0.15) is 0 Å². The molecule has 2 fully saturated rings. The van der Waals surface area contributed by atoms with Gasteiger partial charge in [-0.05, 0) is 89.4 Å². The molecular formula is C31H37ClF2N6O4. The summed E-state index contributed by atoms with van der Waals surface area (Å²) in [5, 5.41) is 3.86. The Morgan fingerprint density at radius 2 is 1.43 bits per heavy atom. The van der Waals surface area contributed by atoms with Crippen LogP contribution >= 0.6 is 12.4 Å². The Morgan fingerprint density at radius 1 is 0.886 bits per heavy atom. The second-order valence-electron chi connectivity index (χ2n) is 12.0. The lowest BCUT2D eigenvalue weighted by Gasteiger charge is -2.34. The SMILES string of the molecule is CC(C)(C)OC(=O)N1CCC[C@@H](n2cnc3ccc(F)cc3c2=O)C1.Cl.O=c1c2cc(F)ccc2ncn1[C@@H]1CCCNC1. The number of piperidine rings is 2. The van der Waals surface area contributed by atoms with Gasteiger partial charge in [-0.25, -0.2) is 23.5 Å². The molecule has 0 saturated carbocycles. The van der Waals surface area contributed by atoms with Gasteiger partial charge in [0.05, 0.1) is 46.5 Å². The summed E-state index contributed by atoms with van der Waals surface area (Å²) < 4.78 is 35.2. The minimum Gasteiger partial charge on any atom is -0.444 e. The number of likely N-dealkylation sites (tertiary alicyclic amines) is 1. The van der Waals surface area contributed by atoms with E-state index in [-0.39, 0.29) is 47.1 Å². The molecule has 44 heavy (non-hydrogen) atoms. The van der Waals surface area contributed by atoms with Crippen LogP contribution in [0.5, 0.6) is 0 Å². The van der Waals surface area contributed by atoms with Crippen molar-refractivity contribution < 1.29 is 18.3 Å². The van der Waals surface area contributed by atoms with Crippen molar-refractivity contribution in [3.8, 4) is 0 Å². The summed E-state index contributed by atoms with van der Waals surface area (Å²) >= 11 is 0. The number of hydrogen-bond donors (Lipinski definition) is 1. The third kappa shape index (κ3) is 7.59. The van der Waals surface area contributed by atoms with Crippen molar-refractivity contribution in [1.29, 1.82) is 0 Å². The molecule has 4 heterocycles. The van der Waals surface area contributed by atoms with E-state index >= 15 is 0 Å². The van der Waals surface area contributed by atoms with Crippen LogP contribution in [0.25, 0.3) is 21.8 Å². The number of fused-ring (bicyclic) bond motifs is 2. The Labute approximate surface area is 259 Å². The molecule has 2 saturated heterocycles. The zero-order valence-corrected chi connectivity index (χ0v) is 25.8. The Balaban J connectivity index is 0.000000206. The van der Waals surface area contributed by atoms with Crippen LogP contribution in [0.15, 0.2) is 58.6 Å². The molecule has 236 valence electrons. The molecule has 2 aliphatic heterocycles. The number of carbonyl (C=O) groups excluding carboxylic acids is 1. The highest BCUT2D eigenvalue weighted by Gasteiger charge is 2.29. The quantitative estimate of drug-likeness (QED) is 0.332. The second-order valence-corrected chi connectivity index (χ2v) is 12.0. The zero-order valence-electron chi connectivity index (χ0n) is 25.0. The molecule has 2 aromatic heterocycles. The molecule has 4 aromatic rings. The lowest BCUT2D eigenvalue weighted by atomic mass is 10.1. The van der Waals surface area contributed by atoms with E-state index in [2.05, 4.69) is 15.3 Å². The average Bonchev–Trinajstić information content (AvgIpc) is 2.98. The van der Waals surface area contributed by atoms with Crippen LogP contribution in [-0.2, 0) is 4.74 Å². The first-order valence-electron chi connectivity index (χ1n) is 14.5. The van der Waals surface area contributed by atoms with Gasteiger partial charge in [-0.3, -0.25) is 18.7 Å². The Hall–Kier alpha value is -3.90. The summed E-state index contributed by atoms with van der Waals surface area (Å²) in [6.45, 7) is 8.17. The minimum absolute atomic E-state index is 0. The monoisotopic (exact) mass is 630 g/mol. The molecule has 1 N–H and O–H groups in total. The molecule has 0 spiro atoms. The number of nitrogens with one attached hydrogen (secondary N) is 1. The molecule has 13 heteroatoms. The first-order valence-corrected chi connectivity index (χ1v) is 14.5. The van der Waals surface area contributed by atoms with Crippen LogP contribution in [0.1, 0.15) is 58.5 Å². The summed E-state index contributed by atoms with van der Waals surface area (Å²) in [6, 6.07) is 8.01. The number of aromatic nitrogens is 4.